The summed E-state index contributed by atoms with van der Waals surface area (Å²) in [5.41, 5.74) is 13.4. The van der Waals surface area contributed by atoms with Gasteiger partial charge in [0.1, 0.15) is 0 Å². The Morgan fingerprint density at radius 3 is 0.917 bits per heavy atom. The predicted molar refractivity (Wildman–Crippen MR) is 364 cm³/mol. The molecule has 0 amide bonds. The molecule has 0 aliphatic heterocycles. The van der Waals surface area contributed by atoms with Crippen LogP contribution in [0.4, 0.5) is 0 Å². The average molecular weight is 1090 g/mol. The minimum atomic E-state index is -2.58. The van der Waals surface area contributed by atoms with Gasteiger partial charge in [0.15, 0.2) is 0 Å². The molecule has 84 heavy (non-hydrogen) atoms. The van der Waals surface area contributed by atoms with Gasteiger partial charge in [0.25, 0.3) is 0 Å². The van der Waals surface area contributed by atoms with E-state index in [1.54, 1.807) is 0 Å². The summed E-state index contributed by atoms with van der Waals surface area (Å²) in [6.07, 6.45) is 0. The Balaban J connectivity index is 1.08. The molecule has 0 radical (unpaired) electrons. The highest BCUT2D eigenvalue weighted by molar-refractivity contribution is 6.39. The molecule has 0 saturated carbocycles. The second-order valence-electron chi connectivity index (χ2n) is 25.7. The van der Waals surface area contributed by atoms with Gasteiger partial charge in [-0.2, -0.15) is 0 Å². The fourth-order valence-corrected chi connectivity index (χ4v) is 14.5. The second-order valence-corrected chi connectivity index (χ2v) is 25.7. The Bertz CT molecular complexity index is 5770. The molecule has 0 atom stereocenters. The van der Waals surface area contributed by atoms with Gasteiger partial charge in [-0.1, -0.05) is 175 Å². The van der Waals surface area contributed by atoms with E-state index in [0.29, 0.717) is 11.1 Å². The lowest BCUT2D eigenvalue weighted by Crippen LogP contribution is -2.10. The van der Waals surface area contributed by atoms with E-state index in [4.69, 9.17) is 16.4 Å². The summed E-state index contributed by atoms with van der Waals surface area (Å²) < 4.78 is 108. The van der Waals surface area contributed by atoms with E-state index < -0.39 is 27.4 Å². The van der Waals surface area contributed by atoms with E-state index in [-0.39, 0.29) is 44.2 Å². The Hall–Kier alpha value is -9.50. The molecular weight excluding hydrogens is 1010 g/mol. The summed E-state index contributed by atoms with van der Waals surface area (Å²) in [6, 6.07) is 69.8. The average Bonchev–Trinajstić information content (AvgIpc) is 1.49. The third-order valence-electron chi connectivity index (χ3n) is 18.6. The minimum absolute atomic E-state index is 0.0173. The quantitative estimate of drug-likeness (QED) is 0.166. The van der Waals surface area contributed by atoms with E-state index in [9.17, 15) is 0 Å². The molecule has 2 heteroatoms. The van der Waals surface area contributed by atoms with Gasteiger partial charge in [-0.15, -0.1) is 0 Å². The van der Waals surface area contributed by atoms with Gasteiger partial charge in [0, 0.05) is 70.7 Å². The first-order valence-corrected chi connectivity index (χ1v) is 29.1. The van der Waals surface area contributed by atoms with Gasteiger partial charge in [-0.05, 0) is 221 Å². The molecule has 402 valence electrons. The van der Waals surface area contributed by atoms with Crippen LogP contribution in [-0.2, 0) is 10.8 Å². The Morgan fingerprint density at radius 1 is 0.274 bits per heavy atom. The third-order valence-corrected chi connectivity index (χ3v) is 18.6. The van der Waals surface area contributed by atoms with Gasteiger partial charge >= 0.3 is 0 Å². The maximum Gasteiger partial charge on any atom is 0.0634 e. The van der Waals surface area contributed by atoms with E-state index >= 15 is 0 Å². The van der Waals surface area contributed by atoms with Crippen molar-refractivity contribution in [3.8, 4) is 44.5 Å². The van der Waals surface area contributed by atoms with Gasteiger partial charge in [-0.25, -0.2) is 0 Å². The minimum Gasteiger partial charge on any atom is -0.307 e. The van der Waals surface area contributed by atoms with Crippen LogP contribution in [0.2, 0.25) is 0 Å². The van der Waals surface area contributed by atoms with Crippen LogP contribution < -0.4 is 0 Å². The lowest BCUT2D eigenvalue weighted by molar-refractivity contribution is 0.591. The van der Waals surface area contributed by atoms with Crippen LogP contribution in [0.15, 0.2) is 206 Å². The molecular formula is C82H64N2. The first-order chi connectivity index (χ1) is 45.4. The zero-order chi connectivity index (χ0) is 67.0. The molecule has 0 N–H and O–H groups in total. The number of hydrogen-bond donors (Lipinski definition) is 0. The maximum atomic E-state index is 8.59. The summed E-state index contributed by atoms with van der Waals surface area (Å²) in [7, 11) is 0. The van der Waals surface area contributed by atoms with Crippen molar-refractivity contribution >= 4 is 119 Å². The monoisotopic (exact) mass is 1090 g/mol. The molecule has 0 unspecified atom stereocenters. The van der Waals surface area contributed by atoms with Crippen molar-refractivity contribution < 1.29 is 16.4 Å². The first-order valence-electron chi connectivity index (χ1n) is 35.1. The summed E-state index contributed by atoms with van der Waals surface area (Å²) in [4.78, 5) is 0. The Morgan fingerprint density at radius 2 is 0.583 bits per heavy atom. The molecule has 0 aliphatic carbocycles. The maximum absolute atomic E-state index is 8.59. The molecule has 4 aromatic heterocycles. The summed E-state index contributed by atoms with van der Waals surface area (Å²) in [5.74, 6) is 0. The van der Waals surface area contributed by atoms with Crippen molar-refractivity contribution in [1.29, 1.82) is 0 Å². The van der Waals surface area contributed by atoms with Crippen molar-refractivity contribution in [2.75, 3.05) is 0 Å². The number of rotatable bonds is 4. The number of nitrogens with zero attached hydrogens (tertiary/aromatic N) is 2. The molecule has 17 rings (SSSR count). The molecule has 0 fully saturated rings. The van der Waals surface area contributed by atoms with Crippen molar-refractivity contribution in [3.05, 3.63) is 240 Å². The molecule has 0 bridgehead atoms. The Kier molecular flexibility index (Phi) is 7.78. The Labute approximate surface area is 506 Å². The largest absolute Gasteiger partial charge is 0.307 e. The lowest BCUT2D eigenvalue weighted by Gasteiger charge is -2.21. The standard InChI is InChI=1S/C82H64N2/c1-45-17-15-18-46(2)71(45)57-29-25-55-35-59(31-27-53(55)33-57)73-75-67-43-61(81(5,6)7)41-65-64-38-50-22-12-14-24-52(50)40-70(64)84(77(65)67)80(75)74(60-32-28-54-34-58(30-26-56(54)36-60)72-47(3)19-16-20-48(72)4)76-68-44-62(82(8,9)10)42-66-63-37-49-21-11-13-23-51(49)39-69(63)83(78(66)68)79(73)76/h11-44H,1-10H3/i1D3,2D3,3D3,4D3. The van der Waals surface area contributed by atoms with Crippen LogP contribution >= 0.6 is 0 Å². The molecule has 17 aromatic rings. The number of hydrogen-bond acceptors (Lipinski definition) is 0. The van der Waals surface area contributed by atoms with Crippen molar-refractivity contribution in [2.24, 2.45) is 0 Å². The fourth-order valence-electron chi connectivity index (χ4n) is 14.5. The number of aromatic nitrogens is 2. The topological polar surface area (TPSA) is 8.82 Å². The van der Waals surface area contributed by atoms with Gasteiger partial charge < -0.3 is 8.80 Å². The van der Waals surface area contributed by atoms with Crippen molar-refractivity contribution in [3.63, 3.8) is 0 Å². The number of aryl methyl sites for hydroxylation is 4. The number of benzene rings is 13. The van der Waals surface area contributed by atoms with Gasteiger partial charge in [0.05, 0.1) is 33.1 Å². The molecule has 4 heterocycles. The highest BCUT2D eigenvalue weighted by Crippen LogP contribution is 2.56. The normalized spacial score (nSPS) is 15.6. The van der Waals surface area contributed by atoms with Crippen molar-refractivity contribution in [2.45, 2.75) is 79.8 Å². The van der Waals surface area contributed by atoms with Gasteiger partial charge in [0.2, 0.25) is 0 Å². The fraction of sp³-hybridized carbons (Fsp3) is 0.146. The highest BCUT2D eigenvalue weighted by Gasteiger charge is 2.33. The molecule has 0 spiro atoms. The van der Waals surface area contributed by atoms with Crippen LogP contribution in [0.25, 0.3) is 164 Å². The van der Waals surface area contributed by atoms with E-state index in [0.717, 1.165) is 142 Å². The first kappa shape index (κ1) is 38.3. The van der Waals surface area contributed by atoms with Crippen LogP contribution in [-0.4, -0.2) is 8.80 Å². The van der Waals surface area contributed by atoms with E-state index in [1.165, 1.54) is 47.5 Å². The third kappa shape index (κ3) is 6.86. The summed E-state index contributed by atoms with van der Waals surface area (Å²) in [5, 5.41) is 16.7. The molecule has 13 aromatic carbocycles. The van der Waals surface area contributed by atoms with Crippen molar-refractivity contribution in [1.82, 2.24) is 8.80 Å². The smallest absolute Gasteiger partial charge is 0.0634 e. The zero-order valence-electron chi connectivity index (χ0n) is 59.5. The van der Waals surface area contributed by atoms with Gasteiger partial charge in [-0.3, -0.25) is 0 Å². The van der Waals surface area contributed by atoms with Crippen LogP contribution in [0.3, 0.4) is 0 Å². The van der Waals surface area contributed by atoms with Crippen LogP contribution in [0, 0.1) is 27.4 Å². The van der Waals surface area contributed by atoms with E-state index in [2.05, 4.69) is 184 Å². The lowest BCUT2D eigenvalue weighted by atomic mass is 9.83. The summed E-state index contributed by atoms with van der Waals surface area (Å²) >= 11 is 0. The zero-order valence-corrected chi connectivity index (χ0v) is 47.5. The highest BCUT2D eigenvalue weighted by atomic mass is 14.9. The predicted octanol–water partition coefficient (Wildman–Crippen LogP) is 23.1. The molecule has 0 saturated heterocycles. The number of fused-ring (bicyclic) bond motifs is 16. The van der Waals surface area contributed by atoms with Crippen LogP contribution in [0.1, 0.15) is 91.4 Å². The van der Waals surface area contributed by atoms with Crippen LogP contribution in [0.5, 0.6) is 0 Å². The second kappa shape index (κ2) is 17.1. The van der Waals surface area contributed by atoms with E-state index in [1.807, 2.05) is 36.4 Å². The summed E-state index contributed by atoms with van der Waals surface area (Å²) in [6.45, 7) is 3.32. The SMILES string of the molecule is [2H]C([2H])([2H])c1cccc(C([2H])([2H])[2H])c1-c1ccc2cc(-c3c4c5cc(C(C)(C)C)cc6c7cc8ccccc8cc7n(c4c(-c4ccc7cc(-c8c(C([2H])([2H])[2H])cccc8C([2H])([2H])[2H])ccc7c4)c4c7cc(C(C)(C)C)cc8c9cc%10ccccc%10cc9n(c34)c87)c65)ccc2c1. The molecule has 2 nitrogen and oxygen atoms in total. The molecule has 0 aliphatic rings.